The molecule has 3 aromatic rings. The Balaban J connectivity index is 1.72. The van der Waals surface area contributed by atoms with Gasteiger partial charge in [-0.25, -0.2) is 18.1 Å². The first-order valence-electron chi connectivity index (χ1n) is 8.87. The van der Waals surface area contributed by atoms with Gasteiger partial charge in [-0.2, -0.15) is 0 Å². The smallest absolute Gasteiger partial charge is 0.240 e. The molecular weight excluding hydrogens is 378 g/mol. The standard InChI is InChI=1S/C18H23N7O2S/c1-3-20-18(22-13-17-24-23-16-9-4-5-10-25(16)17)21-12-14-7-6-8-15(11-14)28(26,27)19-2/h4-11,19H,3,12-13H2,1-2H3,(H2,20,21,22). The minimum absolute atomic E-state index is 0.218. The van der Waals surface area contributed by atoms with E-state index in [-0.39, 0.29) is 4.90 Å². The Labute approximate surface area is 164 Å². The van der Waals surface area contributed by atoms with Crippen molar-refractivity contribution in [3.8, 4) is 0 Å². The Morgan fingerprint density at radius 2 is 2.00 bits per heavy atom. The Morgan fingerprint density at radius 3 is 2.79 bits per heavy atom. The van der Waals surface area contributed by atoms with Gasteiger partial charge in [0.25, 0.3) is 0 Å². The SMILES string of the molecule is CCNC(=NCc1cccc(S(=O)(=O)NC)c1)NCc1nnc2ccccn12. The fourth-order valence-corrected chi connectivity index (χ4v) is 3.42. The number of hydrogen-bond acceptors (Lipinski definition) is 5. The maximum Gasteiger partial charge on any atom is 0.240 e. The second-order valence-electron chi connectivity index (χ2n) is 5.95. The third-order valence-electron chi connectivity index (χ3n) is 4.04. The molecule has 2 aromatic heterocycles. The highest BCUT2D eigenvalue weighted by Gasteiger charge is 2.11. The van der Waals surface area contributed by atoms with E-state index < -0.39 is 10.0 Å². The van der Waals surface area contributed by atoms with E-state index in [0.717, 1.165) is 17.0 Å². The predicted molar refractivity (Wildman–Crippen MR) is 107 cm³/mol. The molecule has 0 fully saturated rings. The Morgan fingerprint density at radius 1 is 1.14 bits per heavy atom. The van der Waals surface area contributed by atoms with Gasteiger partial charge in [0.1, 0.15) is 0 Å². The average Bonchev–Trinajstić information content (AvgIpc) is 3.13. The Bertz CT molecular complexity index is 1080. The van der Waals surface area contributed by atoms with E-state index in [1.807, 2.05) is 41.8 Å². The van der Waals surface area contributed by atoms with Crippen molar-refractivity contribution >= 4 is 21.6 Å². The van der Waals surface area contributed by atoms with E-state index in [1.165, 1.54) is 7.05 Å². The van der Waals surface area contributed by atoms with E-state index in [4.69, 9.17) is 0 Å². The molecule has 0 saturated heterocycles. The minimum Gasteiger partial charge on any atom is -0.357 e. The first kappa shape index (κ1) is 19.8. The van der Waals surface area contributed by atoms with Crippen molar-refractivity contribution in [1.29, 1.82) is 0 Å². The first-order valence-corrected chi connectivity index (χ1v) is 10.3. The van der Waals surface area contributed by atoms with Crippen LogP contribution in [0.1, 0.15) is 18.3 Å². The van der Waals surface area contributed by atoms with E-state index in [1.54, 1.807) is 18.2 Å². The number of sulfonamides is 1. The number of hydrogen-bond donors (Lipinski definition) is 3. The summed E-state index contributed by atoms with van der Waals surface area (Å²) in [4.78, 5) is 4.75. The second kappa shape index (κ2) is 8.81. The maximum atomic E-state index is 11.9. The van der Waals surface area contributed by atoms with Crippen molar-refractivity contribution in [3.63, 3.8) is 0 Å². The van der Waals surface area contributed by atoms with E-state index in [2.05, 4.69) is 30.5 Å². The summed E-state index contributed by atoms with van der Waals surface area (Å²) in [5.74, 6) is 1.38. The number of guanidine groups is 1. The van der Waals surface area contributed by atoms with Crippen LogP contribution in [0.25, 0.3) is 5.65 Å². The zero-order valence-electron chi connectivity index (χ0n) is 15.8. The van der Waals surface area contributed by atoms with E-state index >= 15 is 0 Å². The normalized spacial score (nSPS) is 12.3. The molecule has 28 heavy (non-hydrogen) atoms. The molecule has 0 radical (unpaired) electrons. The number of nitrogens with one attached hydrogen (secondary N) is 3. The molecule has 1 aromatic carbocycles. The highest BCUT2D eigenvalue weighted by atomic mass is 32.2. The summed E-state index contributed by atoms with van der Waals surface area (Å²) >= 11 is 0. The lowest BCUT2D eigenvalue weighted by Gasteiger charge is -2.11. The Hall–Kier alpha value is -2.98. The molecule has 0 saturated carbocycles. The summed E-state index contributed by atoms with van der Waals surface area (Å²) in [5, 5.41) is 14.7. The highest BCUT2D eigenvalue weighted by Crippen LogP contribution is 2.12. The van der Waals surface area contributed by atoms with Crippen LogP contribution >= 0.6 is 0 Å². The van der Waals surface area contributed by atoms with E-state index in [0.29, 0.717) is 25.6 Å². The van der Waals surface area contributed by atoms with Gasteiger partial charge in [0.2, 0.25) is 10.0 Å². The number of rotatable bonds is 7. The molecule has 0 bridgehead atoms. The molecule has 0 aliphatic rings. The lowest BCUT2D eigenvalue weighted by Crippen LogP contribution is -2.37. The quantitative estimate of drug-likeness (QED) is 0.400. The summed E-state index contributed by atoms with van der Waals surface area (Å²) < 4.78 is 28.1. The van der Waals surface area contributed by atoms with Gasteiger partial charge in [-0.05, 0) is 43.8 Å². The summed E-state index contributed by atoms with van der Waals surface area (Å²) in [6.45, 7) is 3.46. The van der Waals surface area contributed by atoms with Gasteiger partial charge >= 0.3 is 0 Å². The molecule has 0 unspecified atom stereocenters. The second-order valence-corrected chi connectivity index (χ2v) is 7.84. The molecule has 9 nitrogen and oxygen atoms in total. The third kappa shape index (κ3) is 4.65. The molecule has 0 atom stereocenters. The van der Waals surface area contributed by atoms with Crippen molar-refractivity contribution in [3.05, 3.63) is 60.0 Å². The summed E-state index contributed by atoms with van der Waals surface area (Å²) in [6.07, 6.45) is 1.91. The fraction of sp³-hybridized carbons (Fsp3) is 0.278. The van der Waals surface area contributed by atoms with Crippen LogP contribution in [0.3, 0.4) is 0 Å². The molecule has 3 N–H and O–H groups in total. The van der Waals surface area contributed by atoms with Crippen LogP contribution in [0.4, 0.5) is 0 Å². The molecule has 10 heteroatoms. The summed E-state index contributed by atoms with van der Waals surface area (Å²) in [5.41, 5.74) is 1.57. The van der Waals surface area contributed by atoms with Crippen LogP contribution in [0.5, 0.6) is 0 Å². The van der Waals surface area contributed by atoms with Crippen LogP contribution in [0, 0.1) is 0 Å². The lowest BCUT2D eigenvalue weighted by molar-refractivity contribution is 0.588. The topological polar surface area (TPSA) is 113 Å². The number of aliphatic imine (C=N–C) groups is 1. The molecule has 2 heterocycles. The largest absolute Gasteiger partial charge is 0.357 e. The maximum absolute atomic E-state index is 11.9. The van der Waals surface area contributed by atoms with Gasteiger partial charge in [-0.15, -0.1) is 10.2 Å². The van der Waals surface area contributed by atoms with Crippen molar-refractivity contribution in [1.82, 2.24) is 30.0 Å². The third-order valence-corrected chi connectivity index (χ3v) is 5.45. The van der Waals surface area contributed by atoms with Crippen LogP contribution in [-0.2, 0) is 23.1 Å². The van der Waals surface area contributed by atoms with Crippen LogP contribution in [-0.4, -0.2) is 42.6 Å². The number of aromatic nitrogens is 3. The molecule has 0 spiro atoms. The summed E-state index contributed by atoms with van der Waals surface area (Å²) in [6, 6.07) is 12.4. The van der Waals surface area contributed by atoms with E-state index in [9.17, 15) is 8.42 Å². The molecule has 3 rings (SSSR count). The monoisotopic (exact) mass is 401 g/mol. The number of pyridine rings is 1. The predicted octanol–water partition coefficient (Wildman–Crippen LogP) is 0.893. The number of benzene rings is 1. The molecule has 0 aliphatic carbocycles. The lowest BCUT2D eigenvalue weighted by atomic mass is 10.2. The van der Waals surface area contributed by atoms with Crippen LogP contribution in [0.15, 0.2) is 58.5 Å². The molecular formula is C18H23N7O2S. The average molecular weight is 401 g/mol. The van der Waals surface area contributed by atoms with Gasteiger partial charge < -0.3 is 10.6 Å². The number of fused-ring (bicyclic) bond motifs is 1. The fourth-order valence-electron chi connectivity index (χ4n) is 2.62. The highest BCUT2D eigenvalue weighted by molar-refractivity contribution is 7.89. The van der Waals surface area contributed by atoms with Crippen LogP contribution < -0.4 is 15.4 Å². The molecule has 148 valence electrons. The van der Waals surface area contributed by atoms with Crippen molar-refractivity contribution in [2.24, 2.45) is 4.99 Å². The van der Waals surface area contributed by atoms with Gasteiger partial charge in [0.15, 0.2) is 17.4 Å². The van der Waals surface area contributed by atoms with Crippen molar-refractivity contribution < 1.29 is 8.42 Å². The zero-order chi connectivity index (χ0) is 20.0. The van der Waals surface area contributed by atoms with Crippen LogP contribution in [0.2, 0.25) is 0 Å². The minimum atomic E-state index is -3.48. The van der Waals surface area contributed by atoms with Gasteiger partial charge in [0, 0.05) is 12.7 Å². The van der Waals surface area contributed by atoms with Gasteiger partial charge in [-0.1, -0.05) is 18.2 Å². The van der Waals surface area contributed by atoms with Gasteiger partial charge in [-0.3, -0.25) is 4.40 Å². The zero-order valence-corrected chi connectivity index (χ0v) is 16.6. The van der Waals surface area contributed by atoms with Crippen molar-refractivity contribution in [2.75, 3.05) is 13.6 Å². The number of nitrogens with zero attached hydrogens (tertiary/aromatic N) is 4. The van der Waals surface area contributed by atoms with Crippen molar-refractivity contribution in [2.45, 2.75) is 24.9 Å². The van der Waals surface area contributed by atoms with Gasteiger partial charge in [0.05, 0.1) is 18.0 Å². The summed E-state index contributed by atoms with van der Waals surface area (Å²) in [7, 11) is -2.09. The molecule has 0 aliphatic heterocycles. The Kier molecular flexibility index (Phi) is 6.22. The molecule has 0 amide bonds. The first-order chi connectivity index (χ1) is 13.5.